The number of nitrogens with one attached hydrogen (secondary N) is 1. The number of hydrogen-bond acceptors (Lipinski definition) is 4. The van der Waals surface area contributed by atoms with Gasteiger partial charge in [-0.3, -0.25) is 9.59 Å². The molecule has 21 heavy (non-hydrogen) atoms. The Morgan fingerprint density at radius 2 is 1.76 bits per heavy atom. The molecule has 1 fully saturated rings. The summed E-state index contributed by atoms with van der Waals surface area (Å²) < 4.78 is 4.80. The van der Waals surface area contributed by atoms with Gasteiger partial charge in [0.1, 0.15) is 0 Å². The van der Waals surface area contributed by atoms with E-state index < -0.39 is 0 Å². The highest BCUT2D eigenvalue weighted by molar-refractivity contribution is 5.96. The number of carbonyl (C=O) groups excluding carboxylic acids is 2. The molecule has 1 aliphatic rings. The SMILES string of the molecule is CCC(=O)c1ccc(NC2CCC(C(=O)OC)CC2)cc1. The number of esters is 1. The van der Waals surface area contributed by atoms with Crippen molar-refractivity contribution >= 4 is 17.4 Å². The second-order valence-electron chi connectivity index (χ2n) is 5.57. The summed E-state index contributed by atoms with van der Waals surface area (Å²) >= 11 is 0. The van der Waals surface area contributed by atoms with Gasteiger partial charge in [-0.05, 0) is 49.9 Å². The number of ether oxygens (including phenoxy) is 1. The fourth-order valence-electron chi connectivity index (χ4n) is 2.83. The average molecular weight is 289 g/mol. The normalized spacial score (nSPS) is 21.6. The fraction of sp³-hybridized carbons (Fsp3) is 0.529. The summed E-state index contributed by atoms with van der Waals surface area (Å²) in [6, 6.07) is 8.03. The van der Waals surface area contributed by atoms with Crippen molar-refractivity contribution in [2.45, 2.75) is 45.1 Å². The van der Waals surface area contributed by atoms with E-state index in [2.05, 4.69) is 5.32 Å². The van der Waals surface area contributed by atoms with E-state index in [0.717, 1.165) is 36.9 Å². The topological polar surface area (TPSA) is 55.4 Å². The van der Waals surface area contributed by atoms with Gasteiger partial charge in [-0.2, -0.15) is 0 Å². The third-order valence-electron chi connectivity index (χ3n) is 4.16. The Balaban J connectivity index is 1.86. The molecule has 0 heterocycles. The molecule has 0 radical (unpaired) electrons. The summed E-state index contributed by atoms with van der Waals surface area (Å²) in [4.78, 5) is 23.1. The molecule has 114 valence electrons. The minimum Gasteiger partial charge on any atom is -0.469 e. The number of carbonyl (C=O) groups is 2. The van der Waals surface area contributed by atoms with Gasteiger partial charge in [-0.15, -0.1) is 0 Å². The van der Waals surface area contributed by atoms with Gasteiger partial charge in [0.2, 0.25) is 0 Å². The standard InChI is InChI=1S/C17H23NO3/c1-3-16(19)12-4-8-14(9-5-12)18-15-10-6-13(7-11-15)17(20)21-2/h4-5,8-9,13,15,18H,3,6-7,10-11H2,1-2H3. The quantitative estimate of drug-likeness (QED) is 0.666. The maximum Gasteiger partial charge on any atom is 0.308 e. The highest BCUT2D eigenvalue weighted by Crippen LogP contribution is 2.27. The molecule has 1 saturated carbocycles. The summed E-state index contributed by atoms with van der Waals surface area (Å²) in [5, 5.41) is 3.48. The molecule has 2 rings (SSSR count). The minimum atomic E-state index is -0.0871. The van der Waals surface area contributed by atoms with Crippen LogP contribution in [0.1, 0.15) is 49.4 Å². The summed E-state index contributed by atoms with van der Waals surface area (Å²) in [7, 11) is 1.45. The van der Waals surface area contributed by atoms with Crippen molar-refractivity contribution in [1.82, 2.24) is 0 Å². The maximum atomic E-state index is 11.6. The number of hydrogen-bond donors (Lipinski definition) is 1. The Hall–Kier alpha value is -1.84. The van der Waals surface area contributed by atoms with Gasteiger partial charge in [-0.25, -0.2) is 0 Å². The van der Waals surface area contributed by atoms with Crippen molar-refractivity contribution in [1.29, 1.82) is 0 Å². The van der Waals surface area contributed by atoms with Crippen LogP contribution in [0.15, 0.2) is 24.3 Å². The molecular weight excluding hydrogens is 266 g/mol. The molecule has 4 nitrogen and oxygen atoms in total. The van der Waals surface area contributed by atoms with E-state index in [1.54, 1.807) is 0 Å². The van der Waals surface area contributed by atoms with Gasteiger partial charge >= 0.3 is 5.97 Å². The molecule has 0 amide bonds. The average Bonchev–Trinajstić information content (AvgIpc) is 2.55. The van der Waals surface area contributed by atoms with Crippen LogP contribution in [-0.4, -0.2) is 24.9 Å². The maximum absolute atomic E-state index is 11.6. The van der Waals surface area contributed by atoms with E-state index in [0.29, 0.717) is 12.5 Å². The lowest BCUT2D eigenvalue weighted by Crippen LogP contribution is -2.29. The molecule has 1 N–H and O–H groups in total. The number of methoxy groups -OCH3 is 1. The van der Waals surface area contributed by atoms with Crippen LogP contribution in [0.25, 0.3) is 0 Å². The molecule has 1 aromatic carbocycles. The van der Waals surface area contributed by atoms with Gasteiger partial charge in [0.15, 0.2) is 5.78 Å². The van der Waals surface area contributed by atoms with E-state index in [1.807, 2.05) is 31.2 Å². The number of rotatable bonds is 5. The van der Waals surface area contributed by atoms with Gasteiger partial charge in [0.25, 0.3) is 0 Å². The Kier molecular flexibility index (Phi) is 5.37. The first kappa shape index (κ1) is 15.5. The van der Waals surface area contributed by atoms with Crippen LogP contribution in [0.2, 0.25) is 0 Å². The molecule has 1 aliphatic carbocycles. The molecule has 0 saturated heterocycles. The minimum absolute atomic E-state index is 0.0533. The van der Waals surface area contributed by atoms with Crippen molar-refractivity contribution in [2.24, 2.45) is 5.92 Å². The largest absolute Gasteiger partial charge is 0.469 e. The Bertz CT molecular complexity index is 487. The Labute approximate surface area is 125 Å². The first-order chi connectivity index (χ1) is 10.1. The van der Waals surface area contributed by atoms with Crippen LogP contribution < -0.4 is 5.32 Å². The lowest BCUT2D eigenvalue weighted by molar-refractivity contribution is -0.146. The molecule has 4 heteroatoms. The highest BCUT2D eigenvalue weighted by atomic mass is 16.5. The smallest absolute Gasteiger partial charge is 0.308 e. The summed E-state index contributed by atoms with van der Waals surface area (Å²) in [6.45, 7) is 1.87. The molecular formula is C17H23NO3. The van der Waals surface area contributed by atoms with Crippen LogP contribution in [0.3, 0.4) is 0 Å². The van der Waals surface area contributed by atoms with Crippen LogP contribution >= 0.6 is 0 Å². The summed E-state index contributed by atoms with van der Waals surface area (Å²) in [6.07, 6.45) is 4.21. The van der Waals surface area contributed by atoms with E-state index in [1.165, 1.54) is 7.11 Å². The molecule has 0 spiro atoms. The molecule has 0 aromatic heterocycles. The lowest BCUT2D eigenvalue weighted by Gasteiger charge is -2.28. The van der Waals surface area contributed by atoms with Crippen LogP contribution in [0, 0.1) is 5.92 Å². The van der Waals surface area contributed by atoms with Crippen molar-refractivity contribution in [3.8, 4) is 0 Å². The van der Waals surface area contributed by atoms with Crippen LogP contribution in [0.5, 0.6) is 0 Å². The fourth-order valence-corrected chi connectivity index (χ4v) is 2.83. The number of anilines is 1. The first-order valence-electron chi connectivity index (χ1n) is 7.61. The molecule has 0 unspecified atom stereocenters. The van der Waals surface area contributed by atoms with Gasteiger partial charge in [0.05, 0.1) is 13.0 Å². The second kappa shape index (κ2) is 7.25. The van der Waals surface area contributed by atoms with Crippen LogP contribution in [-0.2, 0) is 9.53 Å². The zero-order chi connectivity index (χ0) is 15.2. The van der Waals surface area contributed by atoms with Crippen molar-refractivity contribution < 1.29 is 14.3 Å². The molecule has 0 bridgehead atoms. The predicted molar refractivity (Wildman–Crippen MR) is 82.4 cm³/mol. The third kappa shape index (κ3) is 4.06. The highest BCUT2D eigenvalue weighted by Gasteiger charge is 2.26. The van der Waals surface area contributed by atoms with Gasteiger partial charge in [-0.1, -0.05) is 6.92 Å². The number of Topliss-reactive ketones (excluding diaryl/α,β-unsaturated/α-hetero) is 1. The number of ketones is 1. The van der Waals surface area contributed by atoms with Gasteiger partial charge < -0.3 is 10.1 Å². The van der Waals surface area contributed by atoms with E-state index in [-0.39, 0.29) is 17.7 Å². The van der Waals surface area contributed by atoms with Crippen molar-refractivity contribution in [3.05, 3.63) is 29.8 Å². The molecule has 0 atom stereocenters. The Morgan fingerprint density at radius 1 is 1.14 bits per heavy atom. The van der Waals surface area contributed by atoms with Gasteiger partial charge in [0, 0.05) is 23.7 Å². The number of benzene rings is 1. The summed E-state index contributed by atoms with van der Waals surface area (Å²) in [5.41, 5.74) is 1.79. The third-order valence-corrected chi connectivity index (χ3v) is 4.16. The van der Waals surface area contributed by atoms with Crippen molar-refractivity contribution in [2.75, 3.05) is 12.4 Å². The lowest BCUT2D eigenvalue weighted by atomic mass is 9.86. The molecule has 1 aromatic rings. The van der Waals surface area contributed by atoms with Crippen molar-refractivity contribution in [3.63, 3.8) is 0 Å². The van der Waals surface area contributed by atoms with E-state index >= 15 is 0 Å². The van der Waals surface area contributed by atoms with E-state index in [9.17, 15) is 9.59 Å². The molecule has 0 aliphatic heterocycles. The second-order valence-corrected chi connectivity index (χ2v) is 5.57. The van der Waals surface area contributed by atoms with E-state index in [4.69, 9.17) is 4.74 Å². The predicted octanol–water partition coefficient (Wildman–Crippen LogP) is 3.42. The zero-order valence-electron chi connectivity index (χ0n) is 12.7. The van der Waals surface area contributed by atoms with Crippen LogP contribution in [0.4, 0.5) is 5.69 Å². The Morgan fingerprint density at radius 3 is 2.29 bits per heavy atom. The first-order valence-corrected chi connectivity index (χ1v) is 7.61. The zero-order valence-corrected chi connectivity index (χ0v) is 12.7. The summed E-state index contributed by atoms with van der Waals surface area (Å²) in [5.74, 6) is 0.133. The monoisotopic (exact) mass is 289 g/mol.